The molecule has 3 N–H and O–H groups in total. The van der Waals surface area contributed by atoms with E-state index < -0.39 is 5.60 Å². The van der Waals surface area contributed by atoms with Gasteiger partial charge in [-0.1, -0.05) is 20.3 Å². The Hall–Kier alpha value is -0.0800. The maximum absolute atomic E-state index is 10.9. The Morgan fingerprint density at radius 2 is 2.07 bits per heavy atom. The van der Waals surface area contributed by atoms with Gasteiger partial charge in [-0.05, 0) is 43.9 Å². The average Bonchev–Trinajstić information content (AvgIpc) is 3.02. The molecule has 0 heterocycles. The summed E-state index contributed by atoms with van der Waals surface area (Å²) in [5.41, 5.74) is 5.56. The second-order valence-corrected chi connectivity index (χ2v) is 5.88. The second kappa shape index (κ2) is 3.74. The first-order chi connectivity index (χ1) is 7.08. The van der Waals surface area contributed by atoms with Crippen molar-refractivity contribution in [3.05, 3.63) is 0 Å². The molecule has 0 bridgehead atoms. The standard InChI is InChI=1S/C13H25NO/c1-3-13(15,11-4-5-11)12(9-14)7-6-10(2)8-12/h10-11,15H,3-9,14H2,1-2H3. The summed E-state index contributed by atoms with van der Waals surface area (Å²) < 4.78 is 0. The van der Waals surface area contributed by atoms with Crippen LogP contribution in [0.15, 0.2) is 0 Å². The van der Waals surface area contributed by atoms with Crippen molar-refractivity contribution in [2.45, 2.75) is 58.0 Å². The molecule has 2 saturated carbocycles. The summed E-state index contributed by atoms with van der Waals surface area (Å²) in [5.74, 6) is 1.28. The van der Waals surface area contributed by atoms with Gasteiger partial charge in [0.15, 0.2) is 0 Å². The van der Waals surface area contributed by atoms with Crippen LogP contribution >= 0.6 is 0 Å². The largest absolute Gasteiger partial charge is 0.389 e. The first-order valence-corrected chi connectivity index (χ1v) is 6.50. The molecule has 0 amide bonds. The fourth-order valence-corrected chi connectivity index (χ4v) is 3.81. The fraction of sp³-hybridized carbons (Fsp3) is 1.00. The molecular formula is C13H25NO. The van der Waals surface area contributed by atoms with Crippen molar-refractivity contribution >= 4 is 0 Å². The number of aliphatic hydroxyl groups is 1. The van der Waals surface area contributed by atoms with Crippen LogP contribution in [0.3, 0.4) is 0 Å². The Morgan fingerprint density at radius 1 is 1.40 bits per heavy atom. The molecule has 3 atom stereocenters. The molecule has 2 rings (SSSR count). The van der Waals surface area contributed by atoms with Crippen LogP contribution in [0.4, 0.5) is 0 Å². The highest BCUT2D eigenvalue weighted by Crippen LogP contribution is 2.57. The molecule has 88 valence electrons. The minimum absolute atomic E-state index is 0.0301. The number of nitrogens with two attached hydrogens (primary N) is 1. The van der Waals surface area contributed by atoms with E-state index in [1.54, 1.807) is 0 Å². The molecule has 2 aliphatic rings. The van der Waals surface area contributed by atoms with Crippen LogP contribution in [0.5, 0.6) is 0 Å². The number of hydrogen-bond donors (Lipinski definition) is 2. The van der Waals surface area contributed by atoms with Crippen LogP contribution in [-0.2, 0) is 0 Å². The highest BCUT2D eigenvalue weighted by atomic mass is 16.3. The second-order valence-electron chi connectivity index (χ2n) is 5.88. The molecule has 2 nitrogen and oxygen atoms in total. The van der Waals surface area contributed by atoms with Crippen molar-refractivity contribution in [3.63, 3.8) is 0 Å². The van der Waals surface area contributed by atoms with Gasteiger partial charge in [0.05, 0.1) is 5.60 Å². The number of hydrogen-bond acceptors (Lipinski definition) is 2. The Balaban J connectivity index is 2.23. The van der Waals surface area contributed by atoms with Crippen LogP contribution in [0.2, 0.25) is 0 Å². The predicted molar refractivity (Wildman–Crippen MR) is 62.5 cm³/mol. The van der Waals surface area contributed by atoms with Crippen molar-refractivity contribution < 1.29 is 5.11 Å². The molecule has 0 aromatic carbocycles. The van der Waals surface area contributed by atoms with E-state index >= 15 is 0 Å². The zero-order valence-corrected chi connectivity index (χ0v) is 10.1. The van der Waals surface area contributed by atoms with Gasteiger partial charge in [0.2, 0.25) is 0 Å². The SMILES string of the molecule is CCC(O)(C1CC1)C1(CN)CCC(C)C1. The molecule has 2 aliphatic carbocycles. The zero-order chi connectivity index (χ0) is 11.1. The molecule has 0 aliphatic heterocycles. The van der Waals surface area contributed by atoms with E-state index in [0.29, 0.717) is 12.5 Å². The normalized spacial score (nSPS) is 40.4. The minimum Gasteiger partial charge on any atom is -0.389 e. The predicted octanol–water partition coefficient (Wildman–Crippen LogP) is 2.30. The van der Waals surface area contributed by atoms with Gasteiger partial charge >= 0.3 is 0 Å². The summed E-state index contributed by atoms with van der Waals surface area (Å²) in [6, 6.07) is 0. The summed E-state index contributed by atoms with van der Waals surface area (Å²) >= 11 is 0. The highest BCUT2D eigenvalue weighted by molar-refractivity contribution is 5.09. The topological polar surface area (TPSA) is 46.2 Å². The third-order valence-corrected chi connectivity index (χ3v) is 4.96. The van der Waals surface area contributed by atoms with E-state index in [-0.39, 0.29) is 5.41 Å². The Morgan fingerprint density at radius 3 is 2.40 bits per heavy atom. The molecular weight excluding hydrogens is 186 g/mol. The van der Waals surface area contributed by atoms with E-state index in [4.69, 9.17) is 5.73 Å². The molecule has 0 aromatic rings. The Kier molecular flexibility index (Phi) is 2.85. The zero-order valence-electron chi connectivity index (χ0n) is 10.1. The van der Waals surface area contributed by atoms with Crippen molar-refractivity contribution in [2.75, 3.05) is 6.54 Å². The molecule has 0 aromatic heterocycles. The third kappa shape index (κ3) is 1.62. The van der Waals surface area contributed by atoms with Crippen LogP contribution in [-0.4, -0.2) is 17.3 Å². The summed E-state index contributed by atoms with van der Waals surface area (Å²) in [6.45, 7) is 5.08. The van der Waals surface area contributed by atoms with E-state index in [0.717, 1.165) is 25.2 Å². The highest BCUT2D eigenvalue weighted by Gasteiger charge is 2.57. The van der Waals surface area contributed by atoms with Crippen LogP contribution in [0.1, 0.15) is 52.4 Å². The van der Waals surface area contributed by atoms with E-state index in [1.807, 2.05) is 0 Å². The summed E-state index contributed by atoms with van der Waals surface area (Å²) in [5, 5.41) is 10.9. The molecule has 0 spiro atoms. The van der Waals surface area contributed by atoms with Crippen molar-refractivity contribution in [1.29, 1.82) is 0 Å². The van der Waals surface area contributed by atoms with Gasteiger partial charge in [-0.2, -0.15) is 0 Å². The Labute approximate surface area is 93.2 Å². The smallest absolute Gasteiger partial charge is 0.0741 e. The van der Waals surface area contributed by atoms with Crippen LogP contribution in [0, 0.1) is 17.3 Å². The van der Waals surface area contributed by atoms with Crippen LogP contribution < -0.4 is 5.73 Å². The maximum atomic E-state index is 10.9. The van der Waals surface area contributed by atoms with Gasteiger partial charge in [0.25, 0.3) is 0 Å². The minimum atomic E-state index is -0.466. The lowest BCUT2D eigenvalue weighted by atomic mass is 9.66. The monoisotopic (exact) mass is 211 g/mol. The lowest BCUT2D eigenvalue weighted by Gasteiger charge is -2.45. The van der Waals surface area contributed by atoms with E-state index in [1.165, 1.54) is 19.3 Å². The quantitative estimate of drug-likeness (QED) is 0.749. The molecule has 2 fully saturated rings. The first-order valence-electron chi connectivity index (χ1n) is 6.50. The van der Waals surface area contributed by atoms with Crippen LogP contribution in [0.25, 0.3) is 0 Å². The van der Waals surface area contributed by atoms with Gasteiger partial charge in [0.1, 0.15) is 0 Å². The van der Waals surface area contributed by atoms with Crippen molar-refractivity contribution in [2.24, 2.45) is 23.0 Å². The molecule has 0 saturated heterocycles. The average molecular weight is 211 g/mol. The van der Waals surface area contributed by atoms with Gasteiger partial charge < -0.3 is 10.8 Å². The lowest BCUT2D eigenvalue weighted by molar-refractivity contribution is -0.100. The maximum Gasteiger partial charge on any atom is 0.0741 e. The van der Waals surface area contributed by atoms with Gasteiger partial charge in [0, 0.05) is 12.0 Å². The summed E-state index contributed by atoms with van der Waals surface area (Å²) in [6.07, 6.45) is 6.80. The first kappa shape index (κ1) is 11.4. The van der Waals surface area contributed by atoms with E-state index in [2.05, 4.69) is 13.8 Å². The van der Waals surface area contributed by atoms with Crippen molar-refractivity contribution in [3.8, 4) is 0 Å². The molecule has 15 heavy (non-hydrogen) atoms. The lowest BCUT2D eigenvalue weighted by Crippen LogP contribution is -2.52. The molecule has 0 radical (unpaired) electrons. The van der Waals surface area contributed by atoms with Gasteiger partial charge in [-0.25, -0.2) is 0 Å². The van der Waals surface area contributed by atoms with Gasteiger partial charge in [-0.15, -0.1) is 0 Å². The molecule has 2 heteroatoms. The van der Waals surface area contributed by atoms with E-state index in [9.17, 15) is 5.11 Å². The van der Waals surface area contributed by atoms with Crippen molar-refractivity contribution in [1.82, 2.24) is 0 Å². The summed E-state index contributed by atoms with van der Waals surface area (Å²) in [4.78, 5) is 0. The Bertz CT molecular complexity index is 239. The number of rotatable bonds is 4. The fourth-order valence-electron chi connectivity index (χ4n) is 3.81. The third-order valence-electron chi connectivity index (χ3n) is 4.96. The molecule has 3 unspecified atom stereocenters. The van der Waals surface area contributed by atoms with Gasteiger partial charge in [-0.3, -0.25) is 0 Å². The summed E-state index contributed by atoms with van der Waals surface area (Å²) in [7, 11) is 0.